The van der Waals surface area contributed by atoms with Gasteiger partial charge in [-0.15, -0.1) is 0 Å². The average Bonchev–Trinajstić information content (AvgIpc) is 2.91. The van der Waals surface area contributed by atoms with Crippen molar-refractivity contribution in [1.82, 2.24) is 15.3 Å². The van der Waals surface area contributed by atoms with Crippen molar-refractivity contribution in [3.8, 4) is 0 Å². The number of fused-ring (bicyclic) bond motifs is 1. The summed E-state index contributed by atoms with van der Waals surface area (Å²) in [5.74, 6) is -0.626. The smallest absolute Gasteiger partial charge is 0.272 e. The predicted molar refractivity (Wildman–Crippen MR) is 142 cm³/mol. The molecule has 1 aliphatic rings. The monoisotopic (exact) mass is 504 g/mol. The minimum Gasteiger partial charge on any atom is -0.391 e. The van der Waals surface area contributed by atoms with Crippen molar-refractivity contribution in [3.05, 3.63) is 72.1 Å². The molecule has 5 N–H and O–H groups in total. The molecular formula is C29H36N4O4. The van der Waals surface area contributed by atoms with E-state index in [2.05, 4.69) is 22.2 Å². The number of aromatic nitrogens is 2. The van der Waals surface area contributed by atoms with Crippen molar-refractivity contribution in [2.24, 2.45) is 11.7 Å². The number of amides is 2. The molecule has 0 spiro atoms. The summed E-state index contributed by atoms with van der Waals surface area (Å²) in [5, 5.41) is 26.9. The van der Waals surface area contributed by atoms with Crippen LogP contribution < -0.4 is 11.1 Å². The van der Waals surface area contributed by atoms with Gasteiger partial charge in [0.05, 0.1) is 34.5 Å². The van der Waals surface area contributed by atoms with Crippen LogP contribution in [0.25, 0.3) is 11.0 Å². The van der Waals surface area contributed by atoms with Crippen molar-refractivity contribution in [2.45, 2.75) is 75.5 Å². The lowest BCUT2D eigenvalue weighted by Crippen LogP contribution is -2.72. The summed E-state index contributed by atoms with van der Waals surface area (Å²) >= 11 is 0. The molecule has 1 aromatic heterocycles. The van der Waals surface area contributed by atoms with Crippen molar-refractivity contribution in [1.29, 1.82) is 0 Å². The lowest BCUT2D eigenvalue weighted by molar-refractivity contribution is -0.133. The Bertz CT molecular complexity index is 1230. The third-order valence-corrected chi connectivity index (χ3v) is 7.92. The SMILES string of the molecule is CCC1CCC(O)([C@@](Cc2ccccc2)(NC(=O)c2cnc3ccccc3n2)C(O)CCC(N)=O)CC1. The van der Waals surface area contributed by atoms with Gasteiger partial charge in [0.25, 0.3) is 5.91 Å². The largest absolute Gasteiger partial charge is 0.391 e. The van der Waals surface area contributed by atoms with Gasteiger partial charge in [0.2, 0.25) is 5.91 Å². The fourth-order valence-corrected chi connectivity index (χ4v) is 5.62. The Labute approximate surface area is 217 Å². The molecule has 37 heavy (non-hydrogen) atoms. The summed E-state index contributed by atoms with van der Waals surface area (Å²) in [7, 11) is 0. The zero-order valence-electron chi connectivity index (χ0n) is 21.3. The summed E-state index contributed by atoms with van der Waals surface area (Å²) in [6, 6.07) is 16.7. The molecule has 4 rings (SSSR count). The minimum absolute atomic E-state index is 0.00532. The van der Waals surface area contributed by atoms with E-state index in [1.807, 2.05) is 48.5 Å². The summed E-state index contributed by atoms with van der Waals surface area (Å²) in [5.41, 5.74) is 4.68. The average molecular weight is 505 g/mol. The molecule has 2 aromatic carbocycles. The van der Waals surface area contributed by atoms with E-state index in [4.69, 9.17) is 5.73 Å². The van der Waals surface area contributed by atoms with Gasteiger partial charge in [0.1, 0.15) is 5.69 Å². The van der Waals surface area contributed by atoms with Gasteiger partial charge in [-0.3, -0.25) is 14.6 Å². The number of hydrogen-bond donors (Lipinski definition) is 4. The first kappa shape index (κ1) is 26.7. The fraction of sp³-hybridized carbons (Fsp3) is 0.448. The van der Waals surface area contributed by atoms with E-state index < -0.39 is 29.1 Å². The maximum Gasteiger partial charge on any atom is 0.272 e. The molecule has 3 aromatic rings. The Balaban J connectivity index is 1.77. The van der Waals surface area contributed by atoms with Crippen LogP contribution in [0.2, 0.25) is 0 Å². The standard InChI is InChI=1S/C29H36N4O4/c1-2-20-14-16-28(37,17-15-20)29(25(34)12-13-26(30)35,18-21-8-4-3-5-9-21)33-27(36)24-19-31-22-10-6-7-11-23(22)32-24/h3-11,19-20,25,34,37H,2,12-18H2,1H3,(H2,30,35)(H,33,36)/t20?,25?,28?,29-/m0/s1. The normalized spacial score (nSPS) is 22.2. The number of benzene rings is 2. The quantitative estimate of drug-likeness (QED) is 0.334. The maximum atomic E-state index is 13.7. The zero-order valence-corrected chi connectivity index (χ0v) is 21.3. The number of rotatable bonds is 10. The molecule has 0 aliphatic heterocycles. The highest BCUT2D eigenvalue weighted by Gasteiger charge is 2.56. The Morgan fingerprint density at radius 3 is 2.41 bits per heavy atom. The molecule has 1 saturated carbocycles. The third-order valence-electron chi connectivity index (χ3n) is 7.92. The number of nitrogens with zero attached hydrogens (tertiary/aromatic N) is 2. The first-order valence-corrected chi connectivity index (χ1v) is 13.0. The van der Waals surface area contributed by atoms with Crippen molar-refractivity contribution in [2.75, 3.05) is 0 Å². The highest BCUT2D eigenvalue weighted by Crippen LogP contribution is 2.44. The van der Waals surface area contributed by atoms with Crippen molar-refractivity contribution < 1.29 is 19.8 Å². The van der Waals surface area contributed by atoms with Crippen LogP contribution in [-0.2, 0) is 11.2 Å². The summed E-state index contributed by atoms with van der Waals surface area (Å²) < 4.78 is 0. The first-order valence-electron chi connectivity index (χ1n) is 13.0. The second-order valence-corrected chi connectivity index (χ2v) is 10.2. The highest BCUT2D eigenvalue weighted by atomic mass is 16.3. The van der Waals surface area contributed by atoms with Gasteiger partial charge in [-0.1, -0.05) is 55.8 Å². The van der Waals surface area contributed by atoms with E-state index in [0.29, 0.717) is 29.8 Å². The fourth-order valence-electron chi connectivity index (χ4n) is 5.62. The van der Waals surface area contributed by atoms with Gasteiger partial charge in [-0.05, 0) is 55.7 Å². The number of hydrogen-bond acceptors (Lipinski definition) is 6. The lowest BCUT2D eigenvalue weighted by Gasteiger charge is -2.53. The van der Waals surface area contributed by atoms with Crippen LogP contribution >= 0.6 is 0 Å². The summed E-state index contributed by atoms with van der Waals surface area (Å²) in [6.07, 6.45) is 3.65. The number of primary amides is 1. The molecule has 0 bridgehead atoms. The van der Waals surface area contributed by atoms with Crippen LogP contribution in [0, 0.1) is 5.92 Å². The van der Waals surface area contributed by atoms with Crippen LogP contribution in [0.3, 0.4) is 0 Å². The van der Waals surface area contributed by atoms with Crippen LogP contribution in [0.5, 0.6) is 0 Å². The number of nitrogens with two attached hydrogens (primary N) is 1. The molecule has 1 unspecified atom stereocenters. The van der Waals surface area contributed by atoms with Crippen LogP contribution in [0.1, 0.15) is 67.9 Å². The summed E-state index contributed by atoms with van der Waals surface area (Å²) in [6.45, 7) is 2.13. The van der Waals surface area contributed by atoms with Crippen LogP contribution in [0.4, 0.5) is 0 Å². The topological polar surface area (TPSA) is 138 Å². The van der Waals surface area contributed by atoms with Crippen molar-refractivity contribution >= 4 is 22.8 Å². The van der Waals surface area contributed by atoms with E-state index in [-0.39, 0.29) is 25.0 Å². The van der Waals surface area contributed by atoms with Crippen LogP contribution in [0.15, 0.2) is 60.8 Å². The molecule has 8 nitrogen and oxygen atoms in total. The predicted octanol–water partition coefficient (Wildman–Crippen LogP) is 3.30. The Morgan fingerprint density at radius 1 is 1.11 bits per heavy atom. The number of carbonyl (C=O) groups excluding carboxylic acids is 2. The van der Waals surface area contributed by atoms with E-state index in [1.165, 1.54) is 6.20 Å². The van der Waals surface area contributed by atoms with Gasteiger partial charge in [-0.25, -0.2) is 4.98 Å². The lowest BCUT2D eigenvalue weighted by atomic mass is 9.62. The third kappa shape index (κ3) is 5.81. The number of para-hydroxylation sites is 2. The molecule has 1 heterocycles. The molecule has 2 amide bonds. The Hall–Kier alpha value is -3.36. The number of aliphatic hydroxyl groups is 2. The van der Waals surface area contributed by atoms with Gasteiger partial charge in [-0.2, -0.15) is 0 Å². The van der Waals surface area contributed by atoms with Gasteiger partial charge >= 0.3 is 0 Å². The molecule has 1 fully saturated rings. The van der Waals surface area contributed by atoms with E-state index >= 15 is 0 Å². The highest BCUT2D eigenvalue weighted by molar-refractivity contribution is 5.94. The van der Waals surface area contributed by atoms with Crippen LogP contribution in [-0.4, -0.2) is 49.2 Å². The van der Waals surface area contributed by atoms with E-state index in [9.17, 15) is 19.8 Å². The first-order chi connectivity index (χ1) is 17.8. The van der Waals surface area contributed by atoms with Gasteiger partial charge in [0.15, 0.2) is 0 Å². The Morgan fingerprint density at radius 2 is 1.76 bits per heavy atom. The number of aliphatic hydroxyl groups excluding tert-OH is 1. The maximum absolute atomic E-state index is 13.7. The Kier molecular flexibility index (Phi) is 8.19. The van der Waals surface area contributed by atoms with Crippen molar-refractivity contribution in [3.63, 3.8) is 0 Å². The number of nitrogens with one attached hydrogen (secondary N) is 1. The second kappa shape index (κ2) is 11.4. The van der Waals surface area contributed by atoms with E-state index in [1.54, 1.807) is 6.07 Å². The molecule has 196 valence electrons. The molecular weight excluding hydrogens is 468 g/mol. The number of carbonyl (C=O) groups is 2. The zero-order chi connectivity index (χ0) is 26.5. The summed E-state index contributed by atoms with van der Waals surface area (Å²) in [4.78, 5) is 34.2. The molecule has 0 radical (unpaired) electrons. The molecule has 8 heteroatoms. The molecule has 2 atom stereocenters. The van der Waals surface area contributed by atoms with Gasteiger partial charge in [0, 0.05) is 12.8 Å². The van der Waals surface area contributed by atoms with E-state index in [0.717, 1.165) is 24.8 Å². The minimum atomic E-state index is -1.48. The molecule has 1 aliphatic carbocycles. The molecule has 0 saturated heterocycles. The van der Waals surface area contributed by atoms with Gasteiger partial charge < -0.3 is 21.3 Å². The second-order valence-electron chi connectivity index (χ2n) is 10.2.